The Balaban J connectivity index is 1.71. The number of benzene rings is 2. The quantitative estimate of drug-likeness (QED) is 0.621. The van der Waals surface area contributed by atoms with Crippen molar-refractivity contribution in [3.05, 3.63) is 59.7 Å². The predicted octanol–water partition coefficient (Wildman–Crippen LogP) is 5.14. The fourth-order valence-electron chi connectivity index (χ4n) is 2.54. The largest absolute Gasteiger partial charge is 0.473 e. The number of anilines is 1. The van der Waals surface area contributed by atoms with E-state index < -0.39 is 0 Å². The van der Waals surface area contributed by atoms with E-state index in [4.69, 9.17) is 4.74 Å². The van der Waals surface area contributed by atoms with Crippen molar-refractivity contribution in [1.29, 1.82) is 0 Å². The lowest BCUT2D eigenvalue weighted by atomic mass is 10.1. The van der Waals surface area contributed by atoms with Gasteiger partial charge >= 0.3 is 6.03 Å². The van der Waals surface area contributed by atoms with Crippen molar-refractivity contribution >= 4 is 11.7 Å². The molecule has 2 amide bonds. The van der Waals surface area contributed by atoms with Gasteiger partial charge in [-0.05, 0) is 54.7 Å². The van der Waals surface area contributed by atoms with Crippen molar-refractivity contribution in [2.24, 2.45) is 0 Å². The average molecular weight is 340 g/mol. The van der Waals surface area contributed by atoms with Gasteiger partial charge in [0.25, 0.3) is 0 Å². The van der Waals surface area contributed by atoms with Gasteiger partial charge in [0.15, 0.2) is 6.73 Å². The highest BCUT2D eigenvalue weighted by Gasteiger charge is 2.02. The SMILES string of the molecule is CCCCc1ccc(NC(=O)NCOc2ccc(CCC)cc2)cc1. The van der Waals surface area contributed by atoms with Crippen LogP contribution in [0.4, 0.5) is 10.5 Å². The molecule has 0 atom stereocenters. The molecule has 134 valence electrons. The number of amides is 2. The maximum absolute atomic E-state index is 11.9. The van der Waals surface area contributed by atoms with Gasteiger partial charge in [-0.25, -0.2) is 4.79 Å². The Bertz CT molecular complexity index is 636. The van der Waals surface area contributed by atoms with E-state index in [1.165, 1.54) is 24.0 Å². The summed E-state index contributed by atoms with van der Waals surface area (Å²) in [4.78, 5) is 11.9. The Hall–Kier alpha value is -2.49. The third kappa shape index (κ3) is 6.87. The van der Waals surface area contributed by atoms with Crippen LogP contribution in [0, 0.1) is 0 Å². The lowest BCUT2D eigenvalue weighted by Crippen LogP contribution is -2.31. The van der Waals surface area contributed by atoms with E-state index in [2.05, 4.69) is 48.7 Å². The molecule has 0 bridgehead atoms. The van der Waals surface area contributed by atoms with Crippen LogP contribution in [0.2, 0.25) is 0 Å². The van der Waals surface area contributed by atoms with Crippen LogP contribution < -0.4 is 15.4 Å². The van der Waals surface area contributed by atoms with Crippen LogP contribution in [0.3, 0.4) is 0 Å². The highest BCUT2D eigenvalue weighted by atomic mass is 16.5. The number of unbranched alkanes of at least 4 members (excludes halogenated alkanes) is 1. The molecule has 0 spiro atoms. The third-order valence-corrected chi connectivity index (χ3v) is 3.96. The summed E-state index contributed by atoms with van der Waals surface area (Å²) in [5.74, 6) is 0.750. The zero-order chi connectivity index (χ0) is 17.9. The van der Waals surface area contributed by atoms with Crippen molar-refractivity contribution < 1.29 is 9.53 Å². The van der Waals surface area contributed by atoms with Gasteiger partial charge in [0, 0.05) is 5.69 Å². The van der Waals surface area contributed by atoms with Crippen molar-refractivity contribution in [2.45, 2.75) is 46.0 Å². The van der Waals surface area contributed by atoms with Crippen LogP contribution in [0.1, 0.15) is 44.2 Å². The van der Waals surface area contributed by atoms with Gasteiger partial charge in [-0.2, -0.15) is 0 Å². The molecule has 0 unspecified atom stereocenters. The van der Waals surface area contributed by atoms with Gasteiger partial charge in [-0.3, -0.25) is 0 Å². The molecule has 2 aromatic rings. The van der Waals surface area contributed by atoms with Crippen LogP contribution in [0.5, 0.6) is 5.75 Å². The number of carbonyl (C=O) groups is 1. The Morgan fingerprint density at radius 2 is 1.52 bits per heavy atom. The summed E-state index contributed by atoms with van der Waals surface area (Å²) in [5.41, 5.74) is 3.37. The molecule has 2 rings (SSSR count). The first-order chi connectivity index (χ1) is 12.2. The molecule has 25 heavy (non-hydrogen) atoms. The van der Waals surface area contributed by atoms with E-state index in [9.17, 15) is 4.79 Å². The topological polar surface area (TPSA) is 50.4 Å². The molecule has 0 saturated carbocycles. The summed E-state index contributed by atoms with van der Waals surface area (Å²) in [6.45, 7) is 4.47. The van der Waals surface area contributed by atoms with Gasteiger partial charge in [-0.15, -0.1) is 0 Å². The maximum atomic E-state index is 11.9. The standard InChI is InChI=1S/C21H28N2O2/c1-3-5-7-18-8-12-19(13-9-18)23-21(24)22-16-25-20-14-10-17(6-4-2)11-15-20/h8-15H,3-7,16H2,1-2H3,(H2,22,23,24). The Labute approximate surface area is 150 Å². The van der Waals surface area contributed by atoms with Crippen molar-refractivity contribution in [3.63, 3.8) is 0 Å². The fraction of sp³-hybridized carbons (Fsp3) is 0.381. The first kappa shape index (κ1) is 18.8. The van der Waals surface area contributed by atoms with Crippen LogP contribution in [-0.2, 0) is 12.8 Å². The van der Waals surface area contributed by atoms with Crippen LogP contribution in [0.25, 0.3) is 0 Å². The molecule has 0 radical (unpaired) electrons. The molecule has 0 aromatic heterocycles. The number of hydrogen-bond acceptors (Lipinski definition) is 2. The zero-order valence-electron chi connectivity index (χ0n) is 15.2. The Morgan fingerprint density at radius 1 is 0.880 bits per heavy atom. The summed E-state index contributed by atoms with van der Waals surface area (Å²) in [6, 6.07) is 15.7. The molecule has 0 aliphatic carbocycles. The second kappa shape index (κ2) is 10.4. The second-order valence-electron chi connectivity index (χ2n) is 6.11. The van der Waals surface area contributed by atoms with Crippen molar-refractivity contribution in [1.82, 2.24) is 5.32 Å². The Kier molecular flexibility index (Phi) is 7.83. The average Bonchev–Trinajstić information content (AvgIpc) is 2.63. The summed E-state index contributed by atoms with van der Waals surface area (Å²) in [6.07, 6.45) is 5.64. The maximum Gasteiger partial charge on any atom is 0.321 e. The molecule has 0 heterocycles. The van der Waals surface area contributed by atoms with Gasteiger partial charge in [-0.1, -0.05) is 51.0 Å². The van der Waals surface area contributed by atoms with Gasteiger partial charge in [0.2, 0.25) is 0 Å². The summed E-state index contributed by atoms with van der Waals surface area (Å²) in [5, 5.41) is 5.50. The lowest BCUT2D eigenvalue weighted by molar-refractivity contribution is 0.234. The van der Waals surface area contributed by atoms with E-state index >= 15 is 0 Å². The smallest absolute Gasteiger partial charge is 0.321 e. The van der Waals surface area contributed by atoms with Gasteiger partial charge in [0.1, 0.15) is 5.75 Å². The van der Waals surface area contributed by atoms with Gasteiger partial charge < -0.3 is 15.4 Å². The normalized spacial score (nSPS) is 10.3. The summed E-state index contributed by atoms with van der Waals surface area (Å²) in [7, 11) is 0. The van der Waals surface area contributed by atoms with E-state index in [-0.39, 0.29) is 12.8 Å². The monoisotopic (exact) mass is 340 g/mol. The molecular formula is C21H28N2O2. The number of rotatable bonds is 9. The van der Waals surface area contributed by atoms with Crippen LogP contribution in [0.15, 0.2) is 48.5 Å². The predicted molar refractivity (Wildman–Crippen MR) is 103 cm³/mol. The number of nitrogens with one attached hydrogen (secondary N) is 2. The molecule has 0 aliphatic heterocycles. The van der Waals surface area contributed by atoms with Gasteiger partial charge in [0.05, 0.1) is 0 Å². The molecular weight excluding hydrogens is 312 g/mol. The third-order valence-electron chi connectivity index (χ3n) is 3.96. The van der Waals surface area contributed by atoms with Crippen molar-refractivity contribution in [3.8, 4) is 5.75 Å². The van der Waals surface area contributed by atoms with E-state index in [1.807, 2.05) is 24.3 Å². The minimum absolute atomic E-state index is 0.132. The highest BCUT2D eigenvalue weighted by molar-refractivity contribution is 5.89. The van der Waals surface area contributed by atoms with E-state index in [0.717, 1.165) is 30.7 Å². The molecule has 4 nitrogen and oxygen atoms in total. The number of hydrogen-bond donors (Lipinski definition) is 2. The molecule has 2 N–H and O–H groups in total. The number of ether oxygens (including phenoxy) is 1. The summed E-state index contributed by atoms with van der Waals surface area (Å²) < 4.78 is 5.54. The van der Waals surface area contributed by atoms with E-state index in [1.54, 1.807) is 0 Å². The first-order valence-electron chi connectivity index (χ1n) is 9.06. The molecule has 0 fully saturated rings. The van der Waals surface area contributed by atoms with Crippen LogP contribution in [-0.4, -0.2) is 12.8 Å². The number of carbonyl (C=O) groups excluding carboxylic acids is 1. The Morgan fingerprint density at radius 3 is 2.16 bits per heavy atom. The second-order valence-corrected chi connectivity index (χ2v) is 6.11. The summed E-state index contributed by atoms with van der Waals surface area (Å²) >= 11 is 0. The minimum atomic E-state index is -0.274. The molecule has 0 aliphatic rings. The highest BCUT2D eigenvalue weighted by Crippen LogP contribution is 2.13. The molecule has 4 heteroatoms. The molecule has 2 aromatic carbocycles. The minimum Gasteiger partial charge on any atom is -0.473 e. The first-order valence-corrected chi connectivity index (χ1v) is 9.06. The lowest BCUT2D eigenvalue weighted by Gasteiger charge is -2.10. The van der Waals surface area contributed by atoms with E-state index in [0.29, 0.717) is 0 Å². The molecule has 0 saturated heterocycles. The van der Waals surface area contributed by atoms with Crippen LogP contribution >= 0.6 is 0 Å². The van der Waals surface area contributed by atoms with Crippen molar-refractivity contribution in [2.75, 3.05) is 12.0 Å². The fourth-order valence-corrected chi connectivity index (χ4v) is 2.54. The number of aryl methyl sites for hydroxylation is 2. The number of urea groups is 1. The zero-order valence-corrected chi connectivity index (χ0v) is 15.2.